The van der Waals surface area contributed by atoms with Crippen LogP contribution in [-0.4, -0.2) is 47.0 Å². The van der Waals surface area contributed by atoms with E-state index in [4.69, 9.17) is 10.5 Å². The number of nitrogens with two attached hydrogens (primary N) is 1. The number of aromatic nitrogens is 1. The number of carbonyl (C=O) groups is 2. The van der Waals surface area contributed by atoms with Crippen LogP contribution in [0.5, 0.6) is 0 Å². The summed E-state index contributed by atoms with van der Waals surface area (Å²) in [4.78, 5) is 29.8. The fourth-order valence-corrected chi connectivity index (χ4v) is 2.32. The van der Waals surface area contributed by atoms with Crippen molar-refractivity contribution in [3.8, 4) is 0 Å². The largest absolute Gasteiger partial charge is 0.456 e. The topological polar surface area (TPSA) is 97.5 Å². The molecule has 1 amide bonds. The second-order valence-electron chi connectivity index (χ2n) is 6.58. The zero-order valence-electron chi connectivity index (χ0n) is 14.3. The summed E-state index contributed by atoms with van der Waals surface area (Å²) in [7, 11) is 0. The molecule has 0 aliphatic carbocycles. The molecule has 1 fully saturated rings. The lowest BCUT2D eigenvalue weighted by molar-refractivity contribution is -0.129. The Morgan fingerprint density at radius 1 is 1.50 bits per heavy atom. The molecule has 0 atom stereocenters. The van der Waals surface area contributed by atoms with E-state index in [0.717, 1.165) is 6.54 Å². The Bertz CT molecular complexity index is 650. The Kier molecular flexibility index (Phi) is 5.56. The zero-order chi connectivity index (χ0) is 17.7. The van der Waals surface area contributed by atoms with E-state index in [1.165, 1.54) is 6.20 Å². The maximum atomic E-state index is 12.3. The smallest absolute Gasteiger partial charge is 0.339 e. The van der Waals surface area contributed by atoms with E-state index in [-0.39, 0.29) is 11.7 Å². The number of piperazine rings is 1. The molecular weight excluding hydrogens is 308 g/mol. The number of amides is 1. The molecule has 130 valence electrons. The molecule has 7 heteroatoms. The molecule has 1 aliphatic rings. The number of hydrogen-bond donors (Lipinski definition) is 2. The molecule has 1 aromatic heterocycles. The van der Waals surface area contributed by atoms with E-state index >= 15 is 0 Å². The van der Waals surface area contributed by atoms with E-state index in [1.54, 1.807) is 17.2 Å². The predicted molar refractivity (Wildman–Crippen MR) is 91.2 cm³/mol. The zero-order valence-corrected chi connectivity index (χ0v) is 14.3. The minimum absolute atomic E-state index is 0.0176. The van der Waals surface area contributed by atoms with Gasteiger partial charge >= 0.3 is 5.97 Å². The number of rotatable bonds is 4. The fourth-order valence-electron chi connectivity index (χ4n) is 2.32. The quantitative estimate of drug-likeness (QED) is 0.802. The van der Waals surface area contributed by atoms with Crippen LogP contribution in [0.2, 0.25) is 0 Å². The highest BCUT2D eigenvalue weighted by atomic mass is 16.6. The van der Waals surface area contributed by atoms with Crippen molar-refractivity contribution in [3.05, 3.63) is 35.7 Å². The number of esters is 1. The lowest BCUT2D eigenvalue weighted by atomic mass is 10.1. The van der Waals surface area contributed by atoms with Crippen molar-refractivity contribution in [1.82, 2.24) is 15.2 Å². The van der Waals surface area contributed by atoms with Crippen molar-refractivity contribution in [1.29, 1.82) is 0 Å². The first-order valence-electron chi connectivity index (χ1n) is 7.91. The van der Waals surface area contributed by atoms with Gasteiger partial charge in [0.15, 0.2) is 0 Å². The third kappa shape index (κ3) is 4.79. The van der Waals surface area contributed by atoms with Gasteiger partial charge in [-0.25, -0.2) is 9.78 Å². The Morgan fingerprint density at radius 2 is 2.25 bits per heavy atom. The van der Waals surface area contributed by atoms with Crippen molar-refractivity contribution in [2.24, 2.45) is 0 Å². The van der Waals surface area contributed by atoms with Crippen LogP contribution < -0.4 is 11.1 Å². The maximum absolute atomic E-state index is 12.3. The third-order valence-electron chi connectivity index (χ3n) is 3.44. The lowest BCUT2D eigenvalue weighted by Crippen LogP contribution is -2.45. The van der Waals surface area contributed by atoms with Crippen molar-refractivity contribution in [2.45, 2.75) is 32.8 Å². The van der Waals surface area contributed by atoms with Crippen LogP contribution in [0, 0.1) is 0 Å². The van der Waals surface area contributed by atoms with Crippen LogP contribution in [0.15, 0.2) is 24.5 Å². The summed E-state index contributed by atoms with van der Waals surface area (Å²) in [6.45, 7) is 7.15. The average molecular weight is 332 g/mol. The Morgan fingerprint density at radius 3 is 2.92 bits per heavy atom. The van der Waals surface area contributed by atoms with Crippen molar-refractivity contribution < 1.29 is 14.3 Å². The van der Waals surface area contributed by atoms with E-state index in [9.17, 15) is 9.59 Å². The monoisotopic (exact) mass is 332 g/mol. The number of pyridine rings is 1. The highest BCUT2D eigenvalue weighted by Gasteiger charge is 2.21. The van der Waals surface area contributed by atoms with Crippen LogP contribution in [-0.2, 0) is 16.0 Å². The first-order chi connectivity index (χ1) is 11.3. The highest BCUT2D eigenvalue weighted by molar-refractivity contribution is 5.92. The van der Waals surface area contributed by atoms with Gasteiger partial charge < -0.3 is 20.7 Å². The van der Waals surface area contributed by atoms with Gasteiger partial charge in [-0.3, -0.25) is 4.79 Å². The van der Waals surface area contributed by atoms with Crippen molar-refractivity contribution >= 4 is 17.7 Å². The predicted octanol–water partition coefficient (Wildman–Crippen LogP) is 1.11. The van der Waals surface area contributed by atoms with Gasteiger partial charge in [0.25, 0.3) is 0 Å². The van der Waals surface area contributed by atoms with Gasteiger partial charge in [0.1, 0.15) is 11.4 Å². The standard InChI is InChI=1S/C17H24N4O3/c1-17(2,3)24-16(23)13-6-7-20-15(18)12(13)5-4-9-21-10-8-19-11-14(21)22/h4,6-7,9,19H,5,8,10-11H2,1-3H3,(H2,18,20). The molecule has 0 unspecified atom stereocenters. The minimum Gasteiger partial charge on any atom is -0.456 e. The van der Waals surface area contributed by atoms with Gasteiger partial charge in [-0.1, -0.05) is 6.08 Å². The fraction of sp³-hybridized carbons (Fsp3) is 0.471. The van der Waals surface area contributed by atoms with Crippen molar-refractivity contribution in [2.75, 3.05) is 25.4 Å². The second kappa shape index (κ2) is 7.44. The first-order valence-corrected chi connectivity index (χ1v) is 7.91. The number of nitrogens with zero attached hydrogens (tertiary/aromatic N) is 2. The number of nitrogen functional groups attached to an aromatic ring is 1. The summed E-state index contributed by atoms with van der Waals surface area (Å²) >= 11 is 0. The molecule has 24 heavy (non-hydrogen) atoms. The molecule has 0 spiro atoms. The molecule has 1 saturated heterocycles. The van der Waals surface area contributed by atoms with Crippen LogP contribution in [0.4, 0.5) is 5.82 Å². The summed E-state index contributed by atoms with van der Waals surface area (Å²) in [6.07, 6.45) is 5.42. The molecule has 1 aliphatic heterocycles. The van der Waals surface area contributed by atoms with Gasteiger partial charge in [0.05, 0.1) is 12.1 Å². The molecule has 1 aromatic rings. The van der Waals surface area contributed by atoms with Gasteiger partial charge in [-0.2, -0.15) is 0 Å². The van der Waals surface area contributed by atoms with E-state index in [2.05, 4.69) is 10.3 Å². The highest BCUT2D eigenvalue weighted by Crippen LogP contribution is 2.20. The summed E-state index contributed by atoms with van der Waals surface area (Å²) < 4.78 is 5.41. The van der Waals surface area contributed by atoms with E-state index < -0.39 is 11.6 Å². The molecule has 0 bridgehead atoms. The third-order valence-corrected chi connectivity index (χ3v) is 3.44. The van der Waals surface area contributed by atoms with E-state index in [1.807, 2.05) is 26.8 Å². The summed E-state index contributed by atoms with van der Waals surface area (Å²) in [5.74, 6) is -0.128. The Labute approximate surface area is 141 Å². The summed E-state index contributed by atoms with van der Waals surface area (Å²) in [6, 6.07) is 1.60. The first kappa shape index (κ1) is 17.9. The molecule has 3 N–H and O–H groups in total. The molecule has 2 rings (SSSR count). The van der Waals surface area contributed by atoms with Crippen LogP contribution in [0.1, 0.15) is 36.7 Å². The van der Waals surface area contributed by atoms with Crippen LogP contribution >= 0.6 is 0 Å². The lowest BCUT2D eigenvalue weighted by Gasteiger charge is -2.23. The number of hydrogen-bond acceptors (Lipinski definition) is 6. The SMILES string of the molecule is CC(C)(C)OC(=O)c1ccnc(N)c1CC=CN1CCNCC1=O. The second-order valence-corrected chi connectivity index (χ2v) is 6.58. The summed E-state index contributed by atoms with van der Waals surface area (Å²) in [5, 5.41) is 3.01. The van der Waals surface area contributed by atoms with Gasteiger partial charge in [0, 0.05) is 31.0 Å². The number of nitrogens with one attached hydrogen (secondary N) is 1. The molecule has 2 heterocycles. The Hall–Kier alpha value is -2.41. The Balaban J connectivity index is 2.14. The molecule has 0 saturated carbocycles. The minimum atomic E-state index is -0.588. The van der Waals surface area contributed by atoms with E-state index in [0.29, 0.717) is 30.6 Å². The van der Waals surface area contributed by atoms with Gasteiger partial charge in [-0.05, 0) is 33.3 Å². The number of anilines is 1. The molecular formula is C17H24N4O3. The van der Waals surface area contributed by atoms with Gasteiger partial charge in [0.2, 0.25) is 5.91 Å². The van der Waals surface area contributed by atoms with Crippen molar-refractivity contribution in [3.63, 3.8) is 0 Å². The molecule has 0 radical (unpaired) electrons. The average Bonchev–Trinajstić information content (AvgIpc) is 2.49. The van der Waals surface area contributed by atoms with Crippen LogP contribution in [0.25, 0.3) is 0 Å². The van der Waals surface area contributed by atoms with Crippen LogP contribution in [0.3, 0.4) is 0 Å². The number of ether oxygens (including phenoxy) is 1. The molecule has 7 nitrogen and oxygen atoms in total. The molecule has 0 aromatic carbocycles. The maximum Gasteiger partial charge on any atom is 0.339 e. The summed E-state index contributed by atoms with van der Waals surface area (Å²) in [5.41, 5.74) is 6.34. The van der Waals surface area contributed by atoms with Gasteiger partial charge in [-0.15, -0.1) is 0 Å². The number of allylic oxidation sites excluding steroid dienone is 1. The number of carbonyl (C=O) groups excluding carboxylic acids is 2. The normalized spacial score (nSPS) is 15.8.